The molecule has 0 aromatic carbocycles. The normalized spacial score (nSPS) is 42.7. The molecule has 7 nitrogen and oxygen atoms in total. The molecule has 0 spiro atoms. The predicted octanol–water partition coefficient (Wildman–Crippen LogP) is 4.26. The number of esters is 2. The summed E-state index contributed by atoms with van der Waals surface area (Å²) in [6.45, 7) is 12.8. The molecule has 8 atom stereocenters. The molecule has 0 aliphatic heterocycles. The fraction of sp³-hybridized carbons (Fsp3) is 0.759. The Kier molecular flexibility index (Phi) is 6.41. The zero-order chi connectivity index (χ0) is 26.8. The van der Waals surface area contributed by atoms with Crippen LogP contribution in [0.15, 0.2) is 12.2 Å². The zero-order valence-electron chi connectivity index (χ0n) is 22.6. The molecule has 0 heterocycles. The maximum atomic E-state index is 13.8. The number of carbonyl (C=O) groups excluding carboxylic acids is 5. The van der Waals surface area contributed by atoms with Crippen LogP contribution in [0.25, 0.3) is 0 Å². The number of allylic oxidation sites excluding steroid dienone is 2. The first-order valence-corrected chi connectivity index (χ1v) is 13.2. The molecule has 0 bridgehead atoms. The second kappa shape index (κ2) is 8.63. The average Bonchev–Trinajstić information content (AvgIpc) is 3.01. The van der Waals surface area contributed by atoms with Gasteiger partial charge in [-0.3, -0.25) is 24.0 Å². The van der Waals surface area contributed by atoms with Crippen molar-refractivity contribution in [3.63, 3.8) is 0 Å². The Morgan fingerprint density at radius 1 is 1.00 bits per heavy atom. The summed E-state index contributed by atoms with van der Waals surface area (Å²) in [5.41, 5.74) is -1.99. The summed E-state index contributed by atoms with van der Waals surface area (Å²) in [4.78, 5) is 62.8. The molecule has 0 N–H and O–H groups in total. The lowest BCUT2D eigenvalue weighted by atomic mass is 9.37. The Balaban J connectivity index is 1.75. The van der Waals surface area contributed by atoms with E-state index in [0.717, 1.165) is 12.8 Å². The van der Waals surface area contributed by atoms with Crippen molar-refractivity contribution < 1.29 is 33.4 Å². The van der Waals surface area contributed by atoms with Gasteiger partial charge in [0.05, 0.1) is 0 Å². The van der Waals surface area contributed by atoms with Gasteiger partial charge in [0.25, 0.3) is 0 Å². The zero-order valence-corrected chi connectivity index (χ0v) is 22.6. The molecule has 0 saturated heterocycles. The molecule has 7 heteroatoms. The minimum absolute atomic E-state index is 0.0214. The molecule has 4 aliphatic carbocycles. The van der Waals surface area contributed by atoms with E-state index in [9.17, 15) is 24.0 Å². The van der Waals surface area contributed by atoms with Gasteiger partial charge in [0, 0.05) is 43.4 Å². The molecule has 3 fully saturated rings. The lowest BCUT2D eigenvalue weighted by Crippen LogP contribution is -2.67. The first-order valence-electron chi connectivity index (χ1n) is 13.2. The minimum Gasteiger partial charge on any atom is -0.462 e. The number of fused-ring (bicyclic) bond motifs is 5. The smallest absolute Gasteiger partial charge is 0.303 e. The highest BCUT2D eigenvalue weighted by atomic mass is 16.5. The summed E-state index contributed by atoms with van der Waals surface area (Å²) >= 11 is 0. The number of carbonyl (C=O) groups is 5. The number of ketones is 3. The van der Waals surface area contributed by atoms with Crippen LogP contribution in [0.5, 0.6) is 0 Å². The van der Waals surface area contributed by atoms with Crippen LogP contribution in [0.3, 0.4) is 0 Å². The van der Waals surface area contributed by atoms with E-state index in [4.69, 9.17) is 9.47 Å². The van der Waals surface area contributed by atoms with Gasteiger partial charge < -0.3 is 9.47 Å². The second-order valence-corrected chi connectivity index (χ2v) is 13.0. The minimum atomic E-state index is -0.629. The summed E-state index contributed by atoms with van der Waals surface area (Å²) in [6.07, 6.45) is 5.85. The van der Waals surface area contributed by atoms with Gasteiger partial charge in [-0.1, -0.05) is 40.7 Å². The van der Waals surface area contributed by atoms with Crippen LogP contribution in [-0.4, -0.2) is 42.0 Å². The van der Waals surface area contributed by atoms with Crippen molar-refractivity contribution in [3.05, 3.63) is 12.2 Å². The summed E-state index contributed by atoms with van der Waals surface area (Å²) in [6, 6.07) is 0. The lowest BCUT2D eigenvalue weighted by Gasteiger charge is -2.67. The van der Waals surface area contributed by atoms with E-state index in [0.29, 0.717) is 12.8 Å². The topological polar surface area (TPSA) is 104 Å². The highest BCUT2D eigenvalue weighted by molar-refractivity contribution is 5.96. The monoisotopic (exact) mass is 500 g/mol. The van der Waals surface area contributed by atoms with Gasteiger partial charge in [0.15, 0.2) is 11.6 Å². The second-order valence-electron chi connectivity index (χ2n) is 13.0. The molecule has 0 aromatic rings. The Labute approximate surface area is 213 Å². The third-order valence-electron chi connectivity index (χ3n) is 10.7. The van der Waals surface area contributed by atoms with E-state index >= 15 is 0 Å². The van der Waals surface area contributed by atoms with Crippen molar-refractivity contribution >= 4 is 29.3 Å². The fourth-order valence-electron chi connectivity index (χ4n) is 9.07. The Morgan fingerprint density at radius 3 is 2.28 bits per heavy atom. The Morgan fingerprint density at radius 2 is 1.67 bits per heavy atom. The highest BCUT2D eigenvalue weighted by Crippen LogP contribution is 2.72. The molecule has 3 saturated carbocycles. The van der Waals surface area contributed by atoms with Gasteiger partial charge in [0.2, 0.25) is 0 Å². The molecular weight excluding hydrogens is 460 g/mol. The molecule has 0 unspecified atom stereocenters. The maximum absolute atomic E-state index is 13.8. The summed E-state index contributed by atoms with van der Waals surface area (Å²) in [7, 11) is 0. The first-order chi connectivity index (χ1) is 16.6. The lowest BCUT2D eigenvalue weighted by molar-refractivity contribution is -0.223. The molecule has 4 aliphatic rings. The predicted molar refractivity (Wildman–Crippen MR) is 131 cm³/mol. The van der Waals surface area contributed by atoms with E-state index in [-0.39, 0.29) is 65.4 Å². The number of rotatable bonds is 5. The summed E-state index contributed by atoms with van der Waals surface area (Å²) in [5, 5.41) is 0. The largest absolute Gasteiger partial charge is 0.462 e. The van der Waals surface area contributed by atoms with E-state index in [2.05, 4.69) is 26.8 Å². The highest BCUT2D eigenvalue weighted by Gasteiger charge is 2.72. The van der Waals surface area contributed by atoms with E-state index in [1.54, 1.807) is 6.08 Å². The van der Waals surface area contributed by atoms with Crippen LogP contribution < -0.4 is 0 Å². The molecule has 0 aromatic heterocycles. The van der Waals surface area contributed by atoms with Crippen molar-refractivity contribution in [2.24, 2.45) is 45.3 Å². The SMILES string of the molecule is CC(=O)OCC(=O)C[C@@H]1CC(=O)[C@H]2[C@@]1(C)CC[C@@H]1[C@@]3(C)C=CC(=O)C(C)(C)[C@@H]3C[C@@H](OC(C)=O)[C@]12C. The number of ether oxygens (including phenoxy) is 2. The van der Waals surface area contributed by atoms with Gasteiger partial charge >= 0.3 is 11.9 Å². The van der Waals surface area contributed by atoms with Crippen LogP contribution >= 0.6 is 0 Å². The first kappa shape index (κ1) is 26.7. The van der Waals surface area contributed by atoms with Gasteiger partial charge in [-0.25, -0.2) is 0 Å². The molecule has 198 valence electrons. The standard InChI is InChI=1S/C29H40O7/c1-16(30)35-15-19(32)12-18-13-20(33)25-27(18,5)10-8-21-28(6)11-9-23(34)26(3,4)22(28)14-24(29(21,25)7)36-17(2)31/h9,11,18,21-22,24-25H,8,10,12-15H2,1-7H3/t18-,21-,22+,24-,25+,27+,28-,29+/m1/s1. The van der Waals surface area contributed by atoms with Crippen LogP contribution in [0.4, 0.5) is 0 Å². The number of hydrogen-bond donors (Lipinski definition) is 0. The average molecular weight is 501 g/mol. The molecular formula is C29H40O7. The Hall–Kier alpha value is -2.31. The van der Waals surface area contributed by atoms with Crippen molar-refractivity contribution in [2.45, 2.75) is 86.7 Å². The molecule has 0 amide bonds. The van der Waals surface area contributed by atoms with Crippen LogP contribution in [0, 0.1) is 45.3 Å². The molecule has 36 heavy (non-hydrogen) atoms. The van der Waals surface area contributed by atoms with Gasteiger partial charge in [-0.2, -0.15) is 0 Å². The third kappa shape index (κ3) is 3.79. The van der Waals surface area contributed by atoms with Gasteiger partial charge in [-0.15, -0.1) is 0 Å². The third-order valence-corrected chi connectivity index (χ3v) is 10.7. The van der Waals surface area contributed by atoms with Crippen LogP contribution in [-0.2, 0) is 33.4 Å². The van der Waals surface area contributed by atoms with E-state index in [1.807, 2.05) is 13.8 Å². The van der Waals surface area contributed by atoms with Crippen molar-refractivity contribution in [2.75, 3.05) is 6.61 Å². The van der Waals surface area contributed by atoms with E-state index < -0.39 is 28.3 Å². The van der Waals surface area contributed by atoms with Gasteiger partial charge in [0.1, 0.15) is 18.5 Å². The van der Waals surface area contributed by atoms with Crippen molar-refractivity contribution in [1.29, 1.82) is 0 Å². The van der Waals surface area contributed by atoms with Crippen molar-refractivity contribution in [1.82, 2.24) is 0 Å². The summed E-state index contributed by atoms with van der Waals surface area (Å²) < 4.78 is 10.9. The number of hydrogen-bond acceptors (Lipinski definition) is 7. The Bertz CT molecular complexity index is 1040. The maximum Gasteiger partial charge on any atom is 0.303 e. The quantitative estimate of drug-likeness (QED) is 0.520. The van der Waals surface area contributed by atoms with Crippen molar-refractivity contribution in [3.8, 4) is 0 Å². The van der Waals surface area contributed by atoms with Crippen LogP contribution in [0.2, 0.25) is 0 Å². The molecule has 0 radical (unpaired) electrons. The van der Waals surface area contributed by atoms with E-state index in [1.165, 1.54) is 13.8 Å². The molecule has 4 rings (SSSR count). The fourth-order valence-corrected chi connectivity index (χ4v) is 9.07. The number of Topliss-reactive ketones (excluding diaryl/α,β-unsaturated/α-hetero) is 2. The summed E-state index contributed by atoms with van der Waals surface area (Å²) in [5.74, 6) is -1.38. The van der Waals surface area contributed by atoms with Crippen LogP contribution in [0.1, 0.15) is 80.6 Å². The van der Waals surface area contributed by atoms with Gasteiger partial charge in [-0.05, 0) is 53.9 Å².